The molecular formula is C11H19N3O3. The first-order valence-electron chi connectivity index (χ1n) is 6.11. The number of aliphatic hydroxyl groups excluding tert-OH is 1. The third-order valence-corrected chi connectivity index (χ3v) is 3.41. The van der Waals surface area contributed by atoms with E-state index in [1.54, 1.807) is 0 Å². The standard InChI is InChI=1S/C11H19N3O3/c15-8-2-1-7(3-8)4-14-11(17)9-5-13-10(16)6-12-9/h7-9,12,15H,1-6H2,(H,13,16)(H,14,17). The highest BCUT2D eigenvalue weighted by Gasteiger charge is 2.26. The van der Waals surface area contributed by atoms with Crippen LogP contribution in [-0.4, -0.2) is 48.7 Å². The van der Waals surface area contributed by atoms with Crippen LogP contribution in [0.4, 0.5) is 0 Å². The molecular weight excluding hydrogens is 222 g/mol. The first-order chi connectivity index (χ1) is 8.15. The minimum atomic E-state index is -0.334. The van der Waals surface area contributed by atoms with Gasteiger partial charge in [-0.2, -0.15) is 0 Å². The zero-order chi connectivity index (χ0) is 12.3. The molecule has 0 aromatic carbocycles. The van der Waals surface area contributed by atoms with Crippen LogP contribution in [0.25, 0.3) is 0 Å². The largest absolute Gasteiger partial charge is 0.393 e. The maximum absolute atomic E-state index is 11.8. The molecule has 1 aliphatic heterocycles. The molecule has 0 bridgehead atoms. The molecule has 3 unspecified atom stereocenters. The van der Waals surface area contributed by atoms with Gasteiger partial charge in [0.05, 0.1) is 12.6 Å². The van der Waals surface area contributed by atoms with Crippen LogP contribution >= 0.6 is 0 Å². The first-order valence-corrected chi connectivity index (χ1v) is 6.11. The Morgan fingerprint density at radius 3 is 2.88 bits per heavy atom. The van der Waals surface area contributed by atoms with Gasteiger partial charge in [0.2, 0.25) is 11.8 Å². The first kappa shape index (κ1) is 12.3. The summed E-state index contributed by atoms with van der Waals surface area (Å²) in [4.78, 5) is 22.7. The van der Waals surface area contributed by atoms with E-state index < -0.39 is 0 Å². The number of carbonyl (C=O) groups is 2. The maximum Gasteiger partial charge on any atom is 0.238 e. The maximum atomic E-state index is 11.8. The van der Waals surface area contributed by atoms with Gasteiger partial charge in [-0.3, -0.25) is 14.9 Å². The van der Waals surface area contributed by atoms with E-state index in [0.717, 1.165) is 19.3 Å². The molecule has 6 heteroatoms. The molecule has 1 aliphatic carbocycles. The van der Waals surface area contributed by atoms with Crippen LogP contribution in [0.5, 0.6) is 0 Å². The number of hydrogen-bond acceptors (Lipinski definition) is 4. The van der Waals surface area contributed by atoms with Gasteiger partial charge in [-0.25, -0.2) is 0 Å². The summed E-state index contributed by atoms with van der Waals surface area (Å²) in [5.74, 6) is 0.228. The molecule has 2 amide bonds. The van der Waals surface area contributed by atoms with Gasteiger partial charge < -0.3 is 15.7 Å². The molecule has 0 aromatic rings. The Labute approximate surface area is 100 Å². The molecule has 96 valence electrons. The van der Waals surface area contributed by atoms with Crippen LogP contribution in [0, 0.1) is 5.92 Å². The van der Waals surface area contributed by atoms with Crippen LogP contribution in [0.1, 0.15) is 19.3 Å². The molecule has 2 aliphatic rings. The lowest BCUT2D eigenvalue weighted by Gasteiger charge is -2.23. The molecule has 3 atom stereocenters. The van der Waals surface area contributed by atoms with Crippen molar-refractivity contribution in [2.24, 2.45) is 5.92 Å². The van der Waals surface area contributed by atoms with Crippen molar-refractivity contribution in [3.05, 3.63) is 0 Å². The van der Waals surface area contributed by atoms with Crippen LogP contribution < -0.4 is 16.0 Å². The Morgan fingerprint density at radius 2 is 2.29 bits per heavy atom. The zero-order valence-corrected chi connectivity index (χ0v) is 9.74. The lowest BCUT2D eigenvalue weighted by atomic mass is 10.1. The normalized spacial score (nSPS) is 33.2. The van der Waals surface area contributed by atoms with Crippen molar-refractivity contribution in [3.8, 4) is 0 Å². The minimum Gasteiger partial charge on any atom is -0.393 e. The summed E-state index contributed by atoms with van der Waals surface area (Å²) in [6.45, 7) is 1.15. The minimum absolute atomic E-state index is 0.0760. The molecule has 1 saturated carbocycles. The Kier molecular flexibility index (Phi) is 3.96. The number of nitrogens with one attached hydrogen (secondary N) is 3. The lowest BCUT2D eigenvalue weighted by molar-refractivity contribution is -0.126. The summed E-state index contributed by atoms with van der Waals surface area (Å²) >= 11 is 0. The highest BCUT2D eigenvalue weighted by molar-refractivity contribution is 5.86. The average Bonchev–Trinajstić information content (AvgIpc) is 2.73. The topological polar surface area (TPSA) is 90.5 Å². The van der Waals surface area contributed by atoms with Gasteiger partial charge in [0.15, 0.2) is 0 Å². The smallest absolute Gasteiger partial charge is 0.238 e. The molecule has 4 N–H and O–H groups in total. The number of rotatable bonds is 3. The monoisotopic (exact) mass is 241 g/mol. The Morgan fingerprint density at radius 1 is 1.47 bits per heavy atom. The van der Waals surface area contributed by atoms with Crippen LogP contribution in [0.2, 0.25) is 0 Å². The van der Waals surface area contributed by atoms with Crippen LogP contribution in [0.3, 0.4) is 0 Å². The van der Waals surface area contributed by atoms with Crippen LogP contribution in [-0.2, 0) is 9.59 Å². The van der Waals surface area contributed by atoms with Crippen molar-refractivity contribution in [1.82, 2.24) is 16.0 Å². The second-order valence-corrected chi connectivity index (χ2v) is 4.82. The van der Waals surface area contributed by atoms with Crippen molar-refractivity contribution in [2.75, 3.05) is 19.6 Å². The van der Waals surface area contributed by atoms with E-state index in [2.05, 4.69) is 16.0 Å². The van der Waals surface area contributed by atoms with Crippen LogP contribution in [0.15, 0.2) is 0 Å². The van der Waals surface area contributed by atoms with E-state index >= 15 is 0 Å². The second kappa shape index (κ2) is 5.46. The van der Waals surface area contributed by atoms with Gasteiger partial charge in [-0.15, -0.1) is 0 Å². The van der Waals surface area contributed by atoms with Gasteiger partial charge in [-0.1, -0.05) is 0 Å². The quantitative estimate of drug-likeness (QED) is 0.476. The fraction of sp³-hybridized carbons (Fsp3) is 0.818. The third kappa shape index (κ3) is 3.41. The fourth-order valence-corrected chi connectivity index (χ4v) is 2.35. The molecule has 2 fully saturated rings. The van der Waals surface area contributed by atoms with Gasteiger partial charge in [0, 0.05) is 13.1 Å². The molecule has 1 saturated heterocycles. The molecule has 1 heterocycles. The van der Waals surface area contributed by atoms with Gasteiger partial charge >= 0.3 is 0 Å². The zero-order valence-electron chi connectivity index (χ0n) is 9.74. The summed E-state index contributed by atoms with van der Waals surface area (Å²) in [6.07, 6.45) is 2.37. The van der Waals surface area contributed by atoms with E-state index in [4.69, 9.17) is 0 Å². The predicted molar refractivity (Wildman–Crippen MR) is 61.2 cm³/mol. The van der Waals surface area contributed by atoms with Crippen molar-refractivity contribution < 1.29 is 14.7 Å². The van der Waals surface area contributed by atoms with Gasteiger partial charge in [0.25, 0.3) is 0 Å². The van der Waals surface area contributed by atoms with E-state index in [1.807, 2.05) is 0 Å². The van der Waals surface area contributed by atoms with E-state index in [-0.39, 0.29) is 30.5 Å². The highest BCUT2D eigenvalue weighted by atomic mass is 16.3. The fourth-order valence-electron chi connectivity index (χ4n) is 2.35. The Hall–Kier alpha value is -1.14. The van der Waals surface area contributed by atoms with E-state index in [9.17, 15) is 14.7 Å². The SMILES string of the molecule is O=C1CNC(C(=O)NCC2CCC(O)C2)CN1. The summed E-state index contributed by atoms with van der Waals surface area (Å²) in [5, 5.41) is 17.8. The van der Waals surface area contributed by atoms with Gasteiger partial charge in [-0.05, 0) is 25.2 Å². The Bertz CT molecular complexity index is 298. The summed E-state index contributed by atoms with van der Waals surface area (Å²) in [5.41, 5.74) is 0. The van der Waals surface area contributed by atoms with Gasteiger partial charge in [0.1, 0.15) is 6.04 Å². The van der Waals surface area contributed by atoms with Crippen molar-refractivity contribution >= 4 is 11.8 Å². The predicted octanol–water partition coefficient (Wildman–Crippen LogP) is -1.65. The molecule has 0 aromatic heterocycles. The van der Waals surface area contributed by atoms with Crippen molar-refractivity contribution in [2.45, 2.75) is 31.4 Å². The number of piperazine rings is 1. The summed E-state index contributed by atoms with van der Waals surface area (Å²) in [6, 6.07) is -0.334. The number of hydrogen-bond donors (Lipinski definition) is 4. The molecule has 2 rings (SSSR count). The summed E-state index contributed by atoms with van der Waals surface area (Å²) in [7, 11) is 0. The molecule has 6 nitrogen and oxygen atoms in total. The number of aliphatic hydroxyl groups is 1. The number of amides is 2. The lowest BCUT2D eigenvalue weighted by Crippen LogP contribution is -2.58. The average molecular weight is 241 g/mol. The molecule has 0 radical (unpaired) electrons. The third-order valence-electron chi connectivity index (χ3n) is 3.41. The second-order valence-electron chi connectivity index (χ2n) is 4.82. The van der Waals surface area contributed by atoms with E-state index in [0.29, 0.717) is 19.0 Å². The Balaban J connectivity index is 1.68. The van der Waals surface area contributed by atoms with Crippen molar-refractivity contribution in [1.29, 1.82) is 0 Å². The van der Waals surface area contributed by atoms with E-state index in [1.165, 1.54) is 0 Å². The summed E-state index contributed by atoms with van der Waals surface area (Å²) < 4.78 is 0. The highest BCUT2D eigenvalue weighted by Crippen LogP contribution is 2.24. The van der Waals surface area contributed by atoms with Crippen molar-refractivity contribution in [3.63, 3.8) is 0 Å². The molecule has 17 heavy (non-hydrogen) atoms. The molecule has 0 spiro atoms. The number of carbonyl (C=O) groups excluding carboxylic acids is 2.